The van der Waals surface area contributed by atoms with Gasteiger partial charge in [-0.15, -0.1) is 47.5 Å². The van der Waals surface area contributed by atoms with E-state index in [4.69, 9.17) is 11.3 Å². The molecule has 8 rings (SSSR count). The molecule has 0 amide bonds. The van der Waals surface area contributed by atoms with E-state index in [1.807, 2.05) is 68.6 Å². The standard InChI is InChI=1S/C31H31N2O.C20H18N.Ir/c1-20-10-15-25-24-8-7-9-26(28(24)34-29(25)33-20)27-18-23(16-17-32-27)31(5,6)19-21-11-13-22(14-12-21)30(2,3)4;1-14-9-10-18(20-11-15(2)16(3)13-21-20)12-19(14)17-7-5-4-6-8-17;/h7-8,10-18H,19H2,1-6H3;4-9,11-13H,1-3H3;/q2*-1;/i1D3,19D2;;. The van der Waals surface area contributed by atoms with Gasteiger partial charge in [-0.1, -0.05) is 130 Å². The van der Waals surface area contributed by atoms with Crippen LogP contribution in [0.5, 0.6) is 0 Å². The number of furan rings is 1. The summed E-state index contributed by atoms with van der Waals surface area (Å²) in [6.45, 7) is 14.2. The van der Waals surface area contributed by atoms with E-state index in [0.717, 1.165) is 27.8 Å². The molecular formula is C51H49IrN3O-2. The number of benzene rings is 4. The number of aryl methyl sites for hydroxylation is 4. The Kier molecular flexibility index (Phi) is 10.0. The first-order chi connectivity index (χ1) is 28.3. The molecule has 56 heavy (non-hydrogen) atoms. The Morgan fingerprint density at radius 3 is 2.21 bits per heavy atom. The average molecular weight is 917 g/mol. The van der Waals surface area contributed by atoms with Crippen molar-refractivity contribution in [3.05, 3.63) is 173 Å². The second kappa shape index (κ2) is 16.5. The zero-order valence-electron chi connectivity index (χ0n) is 38.1. The molecule has 0 bridgehead atoms. The maximum atomic E-state index is 9.15. The quantitative estimate of drug-likeness (QED) is 0.156. The number of hydrogen-bond acceptors (Lipinski definition) is 4. The van der Waals surface area contributed by atoms with E-state index in [-0.39, 0.29) is 36.9 Å². The summed E-state index contributed by atoms with van der Waals surface area (Å²) in [4.78, 5) is 13.4. The largest absolute Gasteiger partial charge is 0.486 e. The molecule has 0 atom stereocenters. The van der Waals surface area contributed by atoms with Crippen LogP contribution in [0, 0.1) is 39.8 Å². The summed E-state index contributed by atoms with van der Waals surface area (Å²) in [6, 6.07) is 41.7. The monoisotopic (exact) mass is 917 g/mol. The third kappa shape index (κ3) is 8.76. The molecule has 285 valence electrons. The molecule has 0 unspecified atom stereocenters. The maximum absolute atomic E-state index is 9.15. The third-order valence-electron chi connectivity index (χ3n) is 10.1. The van der Waals surface area contributed by atoms with E-state index < -0.39 is 18.6 Å². The summed E-state index contributed by atoms with van der Waals surface area (Å²) in [7, 11) is 0. The number of aromatic nitrogens is 3. The predicted molar refractivity (Wildman–Crippen MR) is 228 cm³/mol. The van der Waals surface area contributed by atoms with Gasteiger partial charge in [-0.25, -0.2) is 4.98 Å². The fourth-order valence-corrected chi connectivity index (χ4v) is 6.67. The molecular weight excluding hydrogens is 863 g/mol. The van der Waals surface area contributed by atoms with Crippen molar-refractivity contribution in [1.82, 2.24) is 15.0 Å². The molecule has 0 N–H and O–H groups in total. The van der Waals surface area contributed by atoms with Gasteiger partial charge in [0, 0.05) is 50.4 Å². The van der Waals surface area contributed by atoms with Gasteiger partial charge >= 0.3 is 0 Å². The van der Waals surface area contributed by atoms with Gasteiger partial charge < -0.3 is 14.4 Å². The maximum Gasteiger partial charge on any atom is 0.216 e. The molecule has 4 aromatic heterocycles. The fraction of sp³-hybridized carbons (Fsp3) is 0.235. The van der Waals surface area contributed by atoms with Gasteiger partial charge in [-0.2, -0.15) is 0 Å². The van der Waals surface area contributed by atoms with Crippen LogP contribution in [0.1, 0.15) is 80.5 Å². The van der Waals surface area contributed by atoms with E-state index in [0.29, 0.717) is 27.8 Å². The summed E-state index contributed by atoms with van der Waals surface area (Å²) in [5, 5.41) is 1.49. The van der Waals surface area contributed by atoms with Gasteiger partial charge in [0.05, 0.1) is 5.58 Å². The van der Waals surface area contributed by atoms with Gasteiger partial charge in [0.2, 0.25) is 5.71 Å². The van der Waals surface area contributed by atoms with Gasteiger partial charge in [0.25, 0.3) is 0 Å². The molecule has 0 saturated carbocycles. The third-order valence-corrected chi connectivity index (χ3v) is 10.1. The zero-order chi connectivity index (χ0) is 43.2. The van der Waals surface area contributed by atoms with Crippen molar-refractivity contribution >= 4 is 22.1 Å². The molecule has 4 nitrogen and oxygen atoms in total. The minimum atomic E-state index is -2.34. The zero-order valence-corrected chi connectivity index (χ0v) is 35.5. The predicted octanol–water partition coefficient (Wildman–Crippen LogP) is 13.1. The van der Waals surface area contributed by atoms with E-state index >= 15 is 0 Å². The van der Waals surface area contributed by atoms with Crippen molar-refractivity contribution in [2.24, 2.45) is 0 Å². The van der Waals surface area contributed by atoms with Crippen LogP contribution in [-0.4, -0.2) is 15.0 Å². The van der Waals surface area contributed by atoms with E-state index in [9.17, 15) is 0 Å². The van der Waals surface area contributed by atoms with Gasteiger partial charge in [-0.05, 0) is 95.3 Å². The first-order valence-electron chi connectivity index (χ1n) is 21.1. The van der Waals surface area contributed by atoms with Crippen LogP contribution in [-0.2, 0) is 37.3 Å². The molecule has 0 fully saturated rings. The normalized spacial score (nSPS) is 13.4. The molecule has 0 aliphatic rings. The van der Waals surface area contributed by atoms with Gasteiger partial charge in [-0.3, -0.25) is 0 Å². The topological polar surface area (TPSA) is 51.8 Å². The molecule has 8 aromatic rings. The smallest absolute Gasteiger partial charge is 0.216 e. The summed E-state index contributed by atoms with van der Waals surface area (Å²) in [5.74, 6) is 0. The van der Waals surface area contributed by atoms with Crippen LogP contribution in [0.25, 0.3) is 55.7 Å². The minimum Gasteiger partial charge on any atom is -0.486 e. The van der Waals surface area contributed by atoms with Crippen molar-refractivity contribution in [1.29, 1.82) is 0 Å². The average Bonchev–Trinajstić information content (AvgIpc) is 3.60. The Morgan fingerprint density at radius 2 is 1.50 bits per heavy atom. The SMILES string of the molecule is Cc1cnc(-c2[c-]cc(C)c(-c3ccccc3)c2)cc1C.[2H]C([2H])([2H])c1ccc2c(n1)oc1c(-c3cc(C(C)(C)C([2H])([2H])c4ccc(C(C)(C)C)cc4)ccn3)[c-]ccc12.[Ir]. The van der Waals surface area contributed by atoms with Gasteiger partial charge in [0.15, 0.2) is 0 Å². The number of rotatable bonds is 6. The molecule has 4 aromatic carbocycles. The van der Waals surface area contributed by atoms with Gasteiger partial charge in [0.1, 0.15) is 0 Å². The fourth-order valence-electron chi connectivity index (χ4n) is 6.67. The molecule has 4 heterocycles. The second-order valence-corrected chi connectivity index (χ2v) is 15.7. The number of fused-ring (bicyclic) bond motifs is 3. The number of pyridine rings is 3. The van der Waals surface area contributed by atoms with E-state index in [1.165, 1.54) is 33.9 Å². The van der Waals surface area contributed by atoms with Crippen LogP contribution in [0.3, 0.4) is 0 Å². The molecule has 5 heteroatoms. The van der Waals surface area contributed by atoms with Crippen LogP contribution >= 0.6 is 0 Å². The second-order valence-electron chi connectivity index (χ2n) is 15.7. The van der Waals surface area contributed by atoms with Crippen molar-refractivity contribution in [3.63, 3.8) is 0 Å². The molecule has 0 spiro atoms. The Morgan fingerprint density at radius 1 is 0.732 bits per heavy atom. The van der Waals surface area contributed by atoms with Crippen molar-refractivity contribution in [2.45, 2.75) is 79.4 Å². The summed E-state index contributed by atoms with van der Waals surface area (Å²) in [5.41, 5.74) is 11.7. The van der Waals surface area contributed by atoms with E-state index in [1.54, 1.807) is 18.3 Å². The summed E-state index contributed by atoms with van der Waals surface area (Å²) >= 11 is 0. The first kappa shape index (κ1) is 34.1. The Bertz CT molecular complexity index is 2820. The van der Waals surface area contributed by atoms with Crippen LogP contribution in [0.2, 0.25) is 0 Å². The molecule has 0 saturated heterocycles. The van der Waals surface area contributed by atoms with Crippen LogP contribution in [0.4, 0.5) is 0 Å². The summed E-state index contributed by atoms with van der Waals surface area (Å²) < 4.78 is 47.4. The number of nitrogens with zero attached hydrogens (tertiary/aromatic N) is 3. The molecule has 0 aliphatic heterocycles. The van der Waals surface area contributed by atoms with E-state index in [2.05, 4.69) is 111 Å². The summed E-state index contributed by atoms with van der Waals surface area (Å²) in [6.07, 6.45) is 1.93. The first-order valence-corrected chi connectivity index (χ1v) is 18.6. The van der Waals surface area contributed by atoms with Crippen LogP contribution in [0.15, 0.2) is 126 Å². The Hall–Kier alpha value is -5.22. The Labute approximate surface area is 352 Å². The van der Waals surface area contributed by atoms with Crippen molar-refractivity contribution in [3.8, 4) is 33.6 Å². The van der Waals surface area contributed by atoms with Crippen molar-refractivity contribution in [2.75, 3.05) is 0 Å². The minimum absolute atomic E-state index is 0. The van der Waals surface area contributed by atoms with Crippen LogP contribution < -0.4 is 0 Å². The molecule has 0 aliphatic carbocycles. The number of hydrogen-bond donors (Lipinski definition) is 0. The Balaban J connectivity index is 0.000000238. The molecule has 1 radical (unpaired) electrons. The van der Waals surface area contributed by atoms with Crippen molar-refractivity contribution < 1.29 is 31.4 Å².